The van der Waals surface area contributed by atoms with E-state index in [-0.39, 0.29) is 0 Å². The van der Waals surface area contributed by atoms with E-state index in [1.54, 1.807) is 0 Å². The predicted octanol–water partition coefficient (Wildman–Crippen LogP) is 13.2. The standard InChI is InChI=1S/C50H35NO/c1-3-11-33(12-4-1)27-39(35-13-5-2-6-14-35)28-34-19-25-48(51-32-34)38-21-24-43-42-23-20-36(29-45(42)40-15-7-8-16-41(40)46(43)31-38)37-22-26-50-47(30-37)44-17-9-10-18-49(44)52-50/h1-27,29-31,51H,28,32H2/b39-27-. The highest BCUT2D eigenvalue weighted by Crippen LogP contribution is 2.39. The average Bonchev–Trinajstić information content (AvgIpc) is 3.59. The number of hydrogen-bond acceptors (Lipinski definition) is 2. The molecule has 0 fully saturated rings. The van der Waals surface area contributed by atoms with Crippen LogP contribution < -0.4 is 5.32 Å². The summed E-state index contributed by atoms with van der Waals surface area (Å²) in [6.07, 6.45) is 7.76. The molecule has 8 aromatic carbocycles. The largest absolute Gasteiger partial charge is 0.456 e. The predicted molar refractivity (Wildman–Crippen MR) is 221 cm³/mol. The van der Waals surface area contributed by atoms with Crippen LogP contribution in [0.5, 0.6) is 0 Å². The minimum Gasteiger partial charge on any atom is -0.456 e. The molecule has 1 aromatic heterocycles. The van der Waals surface area contributed by atoms with Crippen molar-refractivity contribution >= 4 is 71.6 Å². The van der Waals surface area contributed by atoms with Crippen LogP contribution in [0.4, 0.5) is 0 Å². The third-order valence-corrected chi connectivity index (χ3v) is 10.6. The fraction of sp³-hybridized carbons (Fsp3) is 0.0400. The molecule has 1 aliphatic heterocycles. The summed E-state index contributed by atoms with van der Waals surface area (Å²) in [5.41, 5.74) is 11.8. The zero-order valence-corrected chi connectivity index (χ0v) is 28.6. The maximum Gasteiger partial charge on any atom is 0.135 e. The fourth-order valence-corrected chi connectivity index (χ4v) is 7.94. The number of nitrogens with one attached hydrogen (secondary N) is 1. The summed E-state index contributed by atoms with van der Waals surface area (Å²) in [4.78, 5) is 0. The summed E-state index contributed by atoms with van der Waals surface area (Å²) in [6.45, 7) is 0.810. The Hall–Kier alpha value is -6.64. The van der Waals surface area contributed by atoms with E-state index in [9.17, 15) is 0 Å². The van der Waals surface area contributed by atoms with Gasteiger partial charge < -0.3 is 9.73 Å². The molecule has 0 aliphatic carbocycles. The molecule has 0 amide bonds. The highest BCUT2D eigenvalue weighted by molar-refractivity contribution is 6.26. The van der Waals surface area contributed by atoms with Crippen LogP contribution in [0.25, 0.3) is 82.7 Å². The van der Waals surface area contributed by atoms with Crippen molar-refractivity contribution < 1.29 is 4.42 Å². The summed E-state index contributed by atoms with van der Waals surface area (Å²) in [5, 5.41) is 13.7. The Balaban J connectivity index is 1.01. The van der Waals surface area contributed by atoms with Gasteiger partial charge in [-0.05, 0) is 114 Å². The Morgan fingerprint density at radius 2 is 1.04 bits per heavy atom. The zero-order chi connectivity index (χ0) is 34.4. The number of dihydropyridines is 1. The van der Waals surface area contributed by atoms with E-state index in [1.807, 2.05) is 12.1 Å². The van der Waals surface area contributed by atoms with Crippen LogP contribution in [0.1, 0.15) is 23.1 Å². The first-order chi connectivity index (χ1) is 25.7. The third-order valence-electron chi connectivity index (χ3n) is 10.6. The molecule has 2 heterocycles. The first-order valence-electron chi connectivity index (χ1n) is 18.0. The van der Waals surface area contributed by atoms with Crippen molar-refractivity contribution in [2.24, 2.45) is 0 Å². The van der Waals surface area contributed by atoms with E-state index in [4.69, 9.17) is 4.42 Å². The maximum atomic E-state index is 6.12. The number of para-hydroxylation sites is 1. The van der Waals surface area contributed by atoms with Crippen molar-refractivity contribution in [2.45, 2.75) is 6.42 Å². The topological polar surface area (TPSA) is 25.2 Å². The molecule has 9 aromatic rings. The summed E-state index contributed by atoms with van der Waals surface area (Å²) in [5.74, 6) is 0. The molecular weight excluding hydrogens is 631 g/mol. The Morgan fingerprint density at radius 3 is 1.75 bits per heavy atom. The van der Waals surface area contributed by atoms with Gasteiger partial charge >= 0.3 is 0 Å². The molecule has 2 heteroatoms. The molecular formula is C50H35NO. The number of hydrogen-bond donors (Lipinski definition) is 1. The lowest BCUT2D eigenvalue weighted by Crippen LogP contribution is -2.19. The lowest BCUT2D eigenvalue weighted by molar-refractivity contribution is 0.669. The number of benzene rings is 8. The second-order valence-corrected chi connectivity index (χ2v) is 13.8. The molecule has 0 unspecified atom stereocenters. The molecule has 0 saturated carbocycles. The van der Waals surface area contributed by atoms with Gasteiger partial charge in [-0.2, -0.15) is 0 Å². The highest BCUT2D eigenvalue weighted by Gasteiger charge is 2.15. The number of fused-ring (bicyclic) bond motifs is 9. The van der Waals surface area contributed by atoms with Gasteiger partial charge in [-0.1, -0.05) is 146 Å². The van der Waals surface area contributed by atoms with Gasteiger partial charge in [-0.15, -0.1) is 0 Å². The minimum atomic E-state index is 0.810. The molecule has 246 valence electrons. The maximum absolute atomic E-state index is 6.12. The molecule has 1 N–H and O–H groups in total. The number of allylic oxidation sites excluding steroid dienone is 3. The van der Waals surface area contributed by atoms with Gasteiger partial charge in [0.2, 0.25) is 0 Å². The first kappa shape index (κ1) is 30.2. The Bertz CT molecular complexity index is 2890. The Morgan fingerprint density at radius 1 is 0.481 bits per heavy atom. The van der Waals surface area contributed by atoms with Gasteiger partial charge in [0.25, 0.3) is 0 Å². The lowest BCUT2D eigenvalue weighted by atomic mass is 9.90. The van der Waals surface area contributed by atoms with E-state index >= 15 is 0 Å². The van der Waals surface area contributed by atoms with Crippen molar-refractivity contribution in [3.63, 3.8) is 0 Å². The minimum absolute atomic E-state index is 0.810. The molecule has 0 saturated heterocycles. The Labute approximate surface area is 302 Å². The SMILES string of the molecule is C1=C(C/C(=C/c2ccccc2)c2ccccc2)CNC(c2ccc3c4ccc(-c5ccc6oc7ccccc7c6c5)cc4c4ccccc4c3c2)=C1. The van der Waals surface area contributed by atoms with E-state index in [2.05, 4.69) is 175 Å². The van der Waals surface area contributed by atoms with Gasteiger partial charge in [0.1, 0.15) is 11.2 Å². The van der Waals surface area contributed by atoms with Gasteiger partial charge in [-0.25, -0.2) is 0 Å². The van der Waals surface area contributed by atoms with E-state index in [0.29, 0.717) is 0 Å². The molecule has 0 atom stereocenters. The highest BCUT2D eigenvalue weighted by atomic mass is 16.3. The lowest BCUT2D eigenvalue weighted by Gasteiger charge is -2.20. The van der Waals surface area contributed by atoms with Crippen LogP contribution in [-0.2, 0) is 0 Å². The number of rotatable bonds is 6. The monoisotopic (exact) mass is 665 g/mol. The summed E-state index contributed by atoms with van der Waals surface area (Å²) >= 11 is 0. The second-order valence-electron chi connectivity index (χ2n) is 13.8. The second kappa shape index (κ2) is 12.6. The molecule has 52 heavy (non-hydrogen) atoms. The molecule has 2 nitrogen and oxygen atoms in total. The molecule has 10 rings (SSSR count). The first-order valence-corrected chi connectivity index (χ1v) is 18.0. The Kier molecular flexibility index (Phi) is 7.32. The quantitative estimate of drug-likeness (QED) is 0.141. The molecule has 1 aliphatic rings. The van der Waals surface area contributed by atoms with E-state index < -0.39 is 0 Å². The van der Waals surface area contributed by atoms with E-state index in [0.717, 1.165) is 40.6 Å². The summed E-state index contributed by atoms with van der Waals surface area (Å²) in [7, 11) is 0. The molecule has 0 radical (unpaired) electrons. The van der Waals surface area contributed by atoms with Crippen LogP contribution in [0.3, 0.4) is 0 Å². The van der Waals surface area contributed by atoms with Gasteiger partial charge in [0.15, 0.2) is 0 Å². The van der Waals surface area contributed by atoms with Crippen LogP contribution in [0, 0.1) is 0 Å². The molecule has 0 bridgehead atoms. The van der Waals surface area contributed by atoms with Crippen LogP contribution >= 0.6 is 0 Å². The van der Waals surface area contributed by atoms with Gasteiger partial charge in [0.05, 0.1) is 0 Å². The van der Waals surface area contributed by atoms with E-state index in [1.165, 1.54) is 71.3 Å². The van der Waals surface area contributed by atoms with Crippen molar-refractivity contribution in [2.75, 3.05) is 6.54 Å². The average molecular weight is 666 g/mol. The van der Waals surface area contributed by atoms with Crippen LogP contribution in [-0.4, -0.2) is 6.54 Å². The third kappa shape index (κ3) is 5.37. The molecule has 0 spiro atoms. The van der Waals surface area contributed by atoms with Crippen LogP contribution in [0.2, 0.25) is 0 Å². The van der Waals surface area contributed by atoms with Crippen molar-refractivity contribution in [3.05, 3.63) is 198 Å². The van der Waals surface area contributed by atoms with Crippen LogP contribution in [0.15, 0.2) is 186 Å². The smallest absolute Gasteiger partial charge is 0.135 e. The van der Waals surface area contributed by atoms with Gasteiger partial charge in [0, 0.05) is 23.0 Å². The van der Waals surface area contributed by atoms with Gasteiger partial charge in [-0.3, -0.25) is 0 Å². The van der Waals surface area contributed by atoms with Crippen molar-refractivity contribution in [1.29, 1.82) is 0 Å². The van der Waals surface area contributed by atoms with Crippen molar-refractivity contribution in [1.82, 2.24) is 5.32 Å². The normalized spacial score (nSPS) is 13.5. The van der Waals surface area contributed by atoms with Crippen molar-refractivity contribution in [3.8, 4) is 11.1 Å². The zero-order valence-electron chi connectivity index (χ0n) is 28.6. The summed E-state index contributed by atoms with van der Waals surface area (Å²) in [6, 6.07) is 58.9. The number of furan rings is 1. The fourth-order valence-electron chi connectivity index (χ4n) is 7.94. The summed E-state index contributed by atoms with van der Waals surface area (Å²) < 4.78 is 6.12.